The lowest BCUT2D eigenvalue weighted by atomic mass is 9.94. The fourth-order valence-corrected chi connectivity index (χ4v) is 6.21. The van der Waals surface area contributed by atoms with Crippen molar-refractivity contribution in [2.24, 2.45) is 0 Å². The number of thioether (sulfide) groups is 1. The Morgan fingerprint density at radius 1 is 0.842 bits per heavy atom. The van der Waals surface area contributed by atoms with Gasteiger partial charge in [-0.25, -0.2) is 0 Å². The van der Waals surface area contributed by atoms with E-state index >= 15 is 0 Å². The van der Waals surface area contributed by atoms with E-state index in [1.807, 2.05) is 65.6 Å². The first-order valence-electron chi connectivity index (χ1n) is 13.8. The Kier molecular flexibility index (Phi) is 10.5. The highest BCUT2D eigenvalue weighted by Crippen LogP contribution is 2.22. The van der Waals surface area contributed by atoms with Gasteiger partial charge in [-0.15, -0.1) is 11.8 Å². The van der Waals surface area contributed by atoms with Gasteiger partial charge in [-0.1, -0.05) is 109 Å². The molecule has 3 aromatic rings. The second kappa shape index (κ2) is 14.2. The number of benzene rings is 3. The number of carbonyl (C=O) groups is 2. The second-order valence-electron chi connectivity index (χ2n) is 10.5. The molecule has 38 heavy (non-hydrogen) atoms. The zero-order chi connectivity index (χ0) is 26.7. The third-order valence-electron chi connectivity index (χ3n) is 7.19. The second-order valence-corrected chi connectivity index (χ2v) is 11.5. The summed E-state index contributed by atoms with van der Waals surface area (Å²) in [5.74, 6) is 1.07. The van der Waals surface area contributed by atoms with E-state index in [4.69, 9.17) is 0 Å². The number of amides is 2. The Balaban J connectivity index is 1.54. The van der Waals surface area contributed by atoms with Gasteiger partial charge in [0, 0.05) is 24.8 Å². The van der Waals surface area contributed by atoms with Crippen LogP contribution in [0, 0.1) is 13.8 Å². The standard InChI is InChI=1S/C33H40N2O2S/c1-25-18-26(2)20-29(19-25)23-38-24-32(36)35(22-28-14-8-4-9-15-28)31(21-27-12-6-3-7-13-27)33(37)34-30-16-10-5-11-17-30/h3-4,6-9,12-15,18-20,30-31H,5,10-11,16-17,21-24H2,1-2H3,(H,34,37)/t31-/m0/s1. The van der Waals surface area contributed by atoms with Crippen LogP contribution in [0.5, 0.6) is 0 Å². The molecule has 1 aliphatic rings. The quantitative estimate of drug-likeness (QED) is 0.304. The molecule has 3 aromatic carbocycles. The van der Waals surface area contributed by atoms with E-state index in [2.05, 4.69) is 37.4 Å². The molecular formula is C33H40N2O2S. The first-order valence-corrected chi connectivity index (χ1v) is 15.0. The van der Waals surface area contributed by atoms with Gasteiger partial charge in [0.25, 0.3) is 0 Å². The minimum atomic E-state index is -0.561. The van der Waals surface area contributed by atoms with Gasteiger partial charge in [-0.05, 0) is 43.4 Å². The number of nitrogens with one attached hydrogen (secondary N) is 1. The summed E-state index contributed by atoms with van der Waals surface area (Å²) >= 11 is 1.62. The zero-order valence-corrected chi connectivity index (χ0v) is 23.5. The maximum Gasteiger partial charge on any atom is 0.243 e. The van der Waals surface area contributed by atoms with Gasteiger partial charge in [0.2, 0.25) is 11.8 Å². The molecule has 0 heterocycles. The molecule has 2 amide bonds. The number of nitrogens with zero attached hydrogens (tertiary/aromatic N) is 1. The highest BCUT2D eigenvalue weighted by Gasteiger charge is 2.31. The lowest BCUT2D eigenvalue weighted by Crippen LogP contribution is -2.53. The van der Waals surface area contributed by atoms with E-state index in [9.17, 15) is 9.59 Å². The van der Waals surface area contributed by atoms with Gasteiger partial charge < -0.3 is 10.2 Å². The minimum absolute atomic E-state index is 0.00273. The number of hydrogen-bond acceptors (Lipinski definition) is 3. The van der Waals surface area contributed by atoms with Crippen LogP contribution < -0.4 is 5.32 Å². The third kappa shape index (κ3) is 8.49. The molecule has 0 aromatic heterocycles. The van der Waals surface area contributed by atoms with Crippen molar-refractivity contribution < 1.29 is 9.59 Å². The minimum Gasteiger partial charge on any atom is -0.352 e. The maximum absolute atomic E-state index is 13.8. The summed E-state index contributed by atoms with van der Waals surface area (Å²) in [6.07, 6.45) is 6.06. The third-order valence-corrected chi connectivity index (χ3v) is 8.18. The van der Waals surface area contributed by atoms with Crippen molar-refractivity contribution in [2.45, 2.75) is 76.8 Å². The fourth-order valence-electron chi connectivity index (χ4n) is 5.37. The summed E-state index contributed by atoms with van der Waals surface area (Å²) in [6.45, 7) is 4.62. The molecule has 0 spiro atoms. The Hall–Kier alpha value is -3.05. The van der Waals surface area contributed by atoms with Crippen LogP contribution in [0.1, 0.15) is 59.9 Å². The molecule has 0 radical (unpaired) electrons. The number of rotatable bonds is 11. The predicted molar refractivity (Wildman–Crippen MR) is 158 cm³/mol. The summed E-state index contributed by atoms with van der Waals surface area (Å²) in [5, 5.41) is 3.32. The zero-order valence-electron chi connectivity index (χ0n) is 22.7. The Labute approximate surface area is 232 Å². The average Bonchev–Trinajstić information content (AvgIpc) is 2.92. The van der Waals surface area contributed by atoms with E-state index in [1.165, 1.54) is 23.1 Å². The van der Waals surface area contributed by atoms with Crippen molar-refractivity contribution in [2.75, 3.05) is 5.75 Å². The molecule has 1 fully saturated rings. The van der Waals surface area contributed by atoms with E-state index < -0.39 is 6.04 Å². The molecule has 1 aliphatic carbocycles. The molecule has 0 aliphatic heterocycles. The molecular weight excluding hydrogens is 488 g/mol. The van der Waals surface area contributed by atoms with Crippen molar-refractivity contribution in [3.8, 4) is 0 Å². The van der Waals surface area contributed by atoms with Crippen LogP contribution in [0.4, 0.5) is 0 Å². The van der Waals surface area contributed by atoms with Crippen LogP contribution in [-0.2, 0) is 28.3 Å². The lowest BCUT2D eigenvalue weighted by molar-refractivity contribution is -0.139. The summed E-state index contributed by atoms with van der Waals surface area (Å²) in [4.78, 5) is 29.4. The fraction of sp³-hybridized carbons (Fsp3) is 0.394. The smallest absolute Gasteiger partial charge is 0.243 e. The monoisotopic (exact) mass is 528 g/mol. The topological polar surface area (TPSA) is 49.4 Å². The summed E-state index contributed by atoms with van der Waals surface area (Å²) in [7, 11) is 0. The molecule has 4 nitrogen and oxygen atoms in total. The van der Waals surface area contributed by atoms with Gasteiger partial charge in [0.1, 0.15) is 6.04 Å². The molecule has 4 rings (SSSR count). The van der Waals surface area contributed by atoms with E-state index in [-0.39, 0.29) is 17.9 Å². The molecule has 1 N–H and O–H groups in total. The van der Waals surface area contributed by atoms with Crippen molar-refractivity contribution in [3.05, 3.63) is 107 Å². The van der Waals surface area contributed by atoms with Crippen LogP contribution in [0.3, 0.4) is 0 Å². The average molecular weight is 529 g/mol. The molecule has 0 bridgehead atoms. The molecule has 200 valence electrons. The van der Waals surface area contributed by atoms with Gasteiger partial charge in [-0.2, -0.15) is 0 Å². The summed E-state index contributed by atoms with van der Waals surface area (Å²) < 4.78 is 0. The molecule has 0 saturated heterocycles. The van der Waals surface area contributed by atoms with Crippen molar-refractivity contribution in [1.29, 1.82) is 0 Å². The molecule has 1 atom stereocenters. The Morgan fingerprint density at radius 2 is 1.45 bits per heavy atom. The normalized spacial score (nSPS) is 14.6. The van der Waals surface area contributed by atoms with E-state index in [0.29, 0.717) is 18.7 Å². The Bertz CT molecular complexity index is 1160. The first-order chi connectivity index (χ1) is 18.5. The molecule has 0 unspecified atom stereocenters. The maximum atomic E-state index is 13.8. The van der Waals surface area contributed by atoms with Crippen LogP contribution in [0.15, 0.2) is 78.9 Å². The highest BCUT2D eigenvalue weighted by molar-refractivity contribution is 7.99. The number of aryl methyl sites for hydroxylation is 2. The van der Waals surface area contributed by atoms with Crippen molar-refractivity contribution in [3.63, 3.8) is 0 Å². The van der Waals surface area contributed by atoms with Gasteiger partial charge >= 0.3 is 0 Å². The van der Waals surface area contributed by atoms with Crippen LogP contribution in [0.25, 0.3) is 0 Å². The number of carbonyl (C=O) groups excluding carboxylic acids is 2. The van der Waals surface area contributed by atoms with E-state index in [0.717, 1.165) is 42.6 Å². The van der Waals surface area contributed by atoms with Gasteiger partial charge in [0.15, 0.2) is 0 Å². The number of hydrogen-bond donors (Lipinski definition) is 1. The van der Waals surface area contributed by atoms with Gasteiger partial charge in [-0.3, -0.25) is 9.59 Å². The summed E-state index contributed by atoms with van der Waals surface area (Å²) in [5.41, 5.74) is 5.79. The molecule has 1 saturated carbocycles. The Morgan fingerprint density at radius 3 is 2.08 bits per heavy atom. The van der Waals surface area contributed by atoms with Crippen molar-refractivity contribution >= 4 is 23.6 Å². The first kappa shape index (κ1) is 28.0. The summed E-state index contributed by atoms with van der Waals surface area (Å²) in [6, 6.07) is 26.2. The lowest BCUT2D eigenvalue weighted by Gasteiger charge is -2.33. The van der Waals surface area contributed by atoms with Gasteiger partial charge in [0.05, 0.1) is 5.75 Å². The van der Waals surface area contributed by atoms with Crippen LogP contribution >= 0.6 is 11.8 Å². The van der Waals surface area contributed by atoms with Crippen molar-refractivity contribution in [1.82, 2.24) is 10.2 Å². The molecule has 5 heteroatoms. The largest absolute Gasteiger partial charge is 0.352 e. The predicted octanol–water partition coefficient (Wildman–Crippen LogP) is 6.63. The van der Waals surface area contributed by atoms with Crippen LogP contribution in [0.2, 0.25) is 0 Å². The highest BCUT2D eigenvalue weighted by atomic mass is 32.2. The van der Waals surface area contributed by atoms with E-state index in [1.54, 1.807) is 11.8 Å². The SMILES string of the molecule is Cc1cc(C)cc(CSCC(=O)N(Cc2ccccc2)[C@@H](Cc2ccccc2)C(=O)NC2CCCCC2)c1. The van der Waals surface area contributed by atoms with Crippen LogP contribution in [-0.4, -0.2) is 34.6 Å².